The summed E-state index contributed by atoms with van der Waals surface area (Å²) in [5.74, 6) is 0. The highest BCUT2D eigenvalue weighted by molar-refractivity contribution is 5.69. The van der Waals surface area contributed by atoms with Crippen molar-refractivity contribution in [3.05, 3.63) is 69.8 Å². The van der Waals surface area contributed by atoms with Gasteiger partial charge in [0.25, 0.3) is 0 Å². The summed E-state index contributed by atoms with van der Waals surface area (Å²) < 4.78 is 0. The van der Waals surface area contributed by atoms with Crippen LogP contribution in [0.25, 0.3) is 0 Å². The molecule has 0 amide bonds. The van der Waals surface area contributed by atoms with Gasteiger partial charge in [0, 0.05) is 0 Å². The first-order valence-corrected chi connectivity index (χ1v) is 6.66. The average molecular weight is 281 g/mol. The summed E-state index contributed by atoms with van der Waals surface area (Å²) in [6.07, 6.45) is 0.776. The molecule has 2 aromatic carbocycles. The van der Waals surface area contributed by atoms with Gasteiger partial charge in [-0.05, 0) is 24.1 Å². The van der Waals surface area contributed by atoms with Crippen LogP contribution in [0, 0.1) is 21.4 Å². The molecule has 21 heavy (non-hydrogen) atoms. The van der Waals surface area contributed by atoms with Crippen LogP contribution in [0.15, 0.2) is 48.5 Å². The molecule has 106 valence electrons. The van der Waals surface area contributed by atoms with E-state index in [1.165, 1.54) is 6.07 Å². The van der Waals surface area contributed by atoms with Crippen molar-refractivity contribution >= 4 is 11.4 Å². The Morgan fingerprint density at radius 1 is 1.24 bits per heavy atom. The summed E-state index contributed by atoms with van der Waals surface area (Å²) in [6.45, 7) is 2.00. The summed E-state index contributed by atoms with van der Waals surface area (Å²) in [4.78, 5) is 10.7. The van der Waals surface area contributed by atoms with E-state index < -0.39 is 4.92 Å². The van der Waals surface area contributed by atoms with Gasteiger partial charge in [-0.25, -0.2) is 0 Å². The number of hydrogen-bond acceptors (Lipinski definition) is 4. The number of nitro benzene ring substituents is 1. The Balaban J connectivity index is 2.39. The van der Waals surface area contributed by atoms with E-state index in [2.05, 4.69) is 5.32 Å². The van der Waals surface area contributed by atoms with Crippen LogP contribution in [0.5, 0.6) is 0 Å². The lowest BCUT2D eigenvalue weighted by Gasteiger charge is -2.18. The molecular formula is C16H15N3O2. The van der Waals surface area contributed by atoms with Crippen molar-refractivity contribution in [2.24, 2.45) is 0 Å². The smallest absolute Gasteiger partial charge is 0.309 e. The first-order chi connectivity index (χ1) is 10.2. The summed E-state index contributed by atoms with van der Waals surface area (Å²) >= 11 is 0. The van der Waals surface area contributed by atoms with Gasteiger partial charge in [0.2, 0.25) is 0 Å². The zero-order chi connectivity index (χ0) is 15.2. The Morgan fingerprint density at radius 3 is 2.52 bits per heavy atom. The van der Waals surface area contributed by atoms with Crippen molar-refractivity contribution in [3.63, 3.8) is 0 Å². The van der Waals surface area contributed by atoms with Gasteiger partial charge < -0.3 is 5.32 Å². The van der Waals surface area contributed by atoms with E-state index in [1.54, 1.807) is 12.1 Å². The molecule has 5 heteroatoms. The van der Waals surface area contributed by atoms with Crippen LogP contribution in [0.3, 0.4) is 0 Å². The highest BCUT2D eigenvalue weighted by atomic mass is 16.6. The molecule has 0 bridgehead atoms. The summed E-state index contributed by atoms with van der Waals surface area (Å²) in [6, 6.07) is 16.3. The van der Waals surface area contributed by atoms with Crippen LogP contribution in [0.2, 0.25) is 0 Å². The maximum Gasteiger partial charge on any atom is 0.309 e. The normalized spacial score (nSPS) is 11.4. The molecule has 0 radical (unpaired) electrons. The lowest BCUT2D eigenvalue weighted by atomic mass is 10.0. The van der Waals surface area contributed by atoms with Crippen LogP contribution in [0.1, 0.15) is 30.5 Å². The molecule has 0 heterocycles. The van der Waals surface area contributed by atoms with E-state index in [0.717, 1.165) is 12.0 Å². The number of rotatable bonds is 5. The Bertz CT molecular complexity index is 678. The van der Waals surface area contributed by atoms with Gasteiger partial charge in [-0.15, -0.1) is 0 Å². The van der Waals surface area contributed by atoms with Crippen LogP contribution in [-0.4, -0.2) is 4.92 Å². The second kappa shape index (κ2) is 6.53. The zero-order valence-electron chi connectivity index (χ0n) is 11.6. The van der Waals surface area contributed by atoms with E-state index >= 15 is 0 Å². The SMILES string of the molecule is CCC(Nc1cccc(C#N)c1[N+](=O)[O-])c1ccccc1. The van der Waals surface area contributed by atoms with Gasteiger partial charge in [-0.3, -0.25) is 10.1 Å². The Hall–Kier alpha value is -2.87. The number of nitrogens with zero attached hydrogens (tertiary/aromatic N) is 2. The monoisotopic (exact) mass is 281 g/mol. The average Bonchev–Trinajstić information content (AvgIpc) is 2.52. The van der Waals surface area contributed by atoms with Crippen molar-refractivity contribution in [1.29, 1.82) is 5.26 Å². The van der Waals surface area contributed by atoms with Gasteiger partial charge >= 0.3 is 5.69 Å². The third kappa shape index (κ3) is 3.18. The number of anilines is 1. The fourth-order valence-electron chi connectivity index (χ4n) is 2.24. The molecule has 0 spiro atoms. The standard InChI is InChI=1S/C16H15N3O2/c1-2-14(12-7-4-3-5-8-12)18-15-10-6-9-13(11-17)16(15)19(20)21/h3-10,14,18H,2H2,1H3. The minimum Gasteiger partial charge on any atom is -0.373 e. The predicted octanol–water partition coefficient (Wildman–Crippen LogP) is 4.03. The second-order valence-corrected chi connectivity index (χ2v) is 4.59. The van der Waals surface area contributed by atoms with E-state index in [4.69, 9.17) is 5.26 Å². The minimum absolute atomic E-state index is 0.0427. The van der Waals surface area contributed by atoms with Crippen molar-refractivity contribution < 1.29 is 4.92 Å². The topological polar surface area (TPSA) is 79.0 Å². The first-order valence-electron chi connectivity index (χ1n) is 6.66. The summed E-state index contributed by atoms with van der Waals surface area (Å²) in [7, 11) is 0. The van der Waals surface area contributed by atoms with Gasteiger partial charge in [0.1, 0.15) is 17.3 Å². The highest BCUT2D eigenvalue weighted by Gasteiger charge is 2.21. The molecule has 0 aliphatic heterocycles. The van der Waals surface area contributed by atoms with Crippen LogP contribution < -0.4 is 5.32 Å². The van der Waals surface area contributed by atoms with E-state index in [1.807, 2.05) is 43.3 Å². The maximum absolute atomic E-state index is 11.2. The quantitative estimate of drug-likeness (QED) is 0.662. The fourth-order valence-corrected chi connectivity index (χ4v) is 2.24. The molecular weight excluding hydrogens is 266 g/mol. The molecule has 0 aromatic heterocycles. The fraction of sp³-hybridized carbons (Fsp3) is 0.188. The molecule has 5 nitrogen and oxygen atoms in total. The number of benzene rings is 2. The van der Waals surface area contributed by atoms with Gasteiger partial charge in [-0.1, -0.05) is 43.3 Å². The zero-order valence-corrected chi connectivity index (χ0v) is 11.6. The third-order valence-corrected chi connectivity index (χ3v) is 3.28. The molecule has 0 saturated carbocycles. The number of para-hydroxylation sites is 1. The molecule has 1 N–H and O–H groups in total. The summed E-state index contributed by atoms with van der Waals surface area (Å²) in [5, 5.41) is 23.4. The molecule has 0 aliphatic rings. The van der Waals surface area contributed by atoms with Gasteiger partial charge in [0.05, 0.1) is 11.0 Å². The van der Waals surface area contributed by atoms with E-state index in [9.17, 15) is 10.1 Å². The van der Waals surface area contributed by atoms with Gasteiger partial charge in [-0.2, -0.15) is 5.26 Å². The third-order valence-electron chi connectivity index (χ3n) is 3.28. The van der Waals surface area contributed by atoms with E-state index in [-0.39, 0.29) is 17.3 Å². The molecule has 1 atom stereocenters. The van der Waals surface area contributed by atoms with Crippen molar-refractivity contribution in [1.82, 2.24) is 0 Å². The molecule has 0 fully saturated rings. The van der Waals surface area contributed by atoms with Crippen LogP contribution in [-0.2, 0) is 0 Å². The maximum atomic E-state index is 11.2. The Kier molecular flexibility index (Phi) is 4.52. The lowest BCUT2D eigenvalue weighted by molar-refractivity contribution is -0.384. The number of nitrogens with one attached hydrogen (secondary N) is 1. The van der Waals surface area contributed by atoms with Crippen LogP contribution >= 0.6 is 0 Å². The first kappa shape index (κ1) is 14.5. The lowest BCUT2D eigenvalue weighted by Crippen LogP contribution is -2.11. The van der Waals surface area contributed by atoms with Crippen molar-refractivity contribution in [2.75, 3.05) is 5.32 Å². The highest BCUT2D eigenvalue weighted by Crippen LogP contribution is 2.32. The molecule has 0 aliphatic carbocycles. The molecule has 2 aromatic rings. The minimum atomic E-state index is -0.515. The molecule has 0 saturated heterocycles. The van der Waals surface area contributed by atoms with Crippen molar-refractivity contribution in [3.8, 4) is 6.07 Å². The van der Waals surface area contributed by atoms with Gasteiger partial charge in [0.15, 0.2) is 0 Å². The number of nitriles is 1. The largest absolute Gasteiger partial charge is 0.373 e. The second-order valence-electron chi connectivity index (χ2n) is 4.59. The number of hydrogen-bond donors (Lipinski definition) is 1. The Morgan fingerprint density at radius 2 is 1.95 bits per heavy atom. The molecule has 2 rings (SSSR count). The van der Waals surface area contributed by atoms with Crippen molar-refractivity contribution in [2.45, 2.75) is 19.4 Å². The molecule has 1 unspecified atom stereocenters. The summed E-state index contributed by atoms with van der Waals surface area (Å²) in [5.41, 5.74) is 1.31. The van der Waals surface area contributed by atoms with Crippen LogP contribution in [0.4, 0.5) is 11.4 Å². The number of nitro groups is 1. The predicted molar refractivity (Wildman–Crippen MR) is 80.9 cm³/mol. The Labute approximate surface area is 123 Å². The van der Waals surface area contributed by atoms with E-state index in [0.29, 0.717) is 5.69 Å².